The molecule has 0 aromatic heterocycles. The molecular weight excluding hydrogens is 166 g/mol. The molecule has 4 nitrogen and oxygen atoms in total. The van der Waals surface area contributed by atoms with E-state index >= 15 is 0 Å². The van der Waals surface area contributed by atoms with E-state index in [-0.39, 0.29) is 11.8 Å². The Bertz CT molecular complexity index is 139. The molecule has 0 bridgehead atoms. The molecule has 1 atom stereocenters. The molecule has 0 spiro atoms. The number of hydrogen-bond acceptors (Lipinski definition) is 3. The first kappa shape index (κ1) is 12.4. The van der Waals surface area contributed by atoms with Gasteiger partial charge >= 0.3 is 0 Å². The Morgan fingerprint density at radius 1 is 1.38 bits per heavy atom. The second-order valence-electron chi connectivity index (χ2n) is 3.39. The zero-order chi connectivity index (χ0) is 10.1. The first-order chi connectivity index (χ1) is 6.20. The molecule has 4 heteroatoms. The molecular formula is C9H21N3O. The molecule has 0 aliphatic carbocycles. The van der Waals surface area contributed by atoms with Crippen molar-refractivity contribution in [1.82, 2.24) is 5.32 Å². The van der Waals surface area contributed by atoms with Gasteiger partial charge in [0.15, 0.2) is 0 Å². The molecule has 0 heterocycles. The van der Waals surface area contributed by atoms with Crippen LogP contribution in [0.1, 0.15) is 26.2 Å². The average Bonchev–Trinajstić information content (AvgIpc) is 2.12. The van der Waals surface area contributed by atoms with E-state index in [1.807, 2.05) is 6.92 Å². The Kier molecular flexibility index (Phi) is 7.63. The third-order valence-corrected chi connectivity index (χ3v) is 1.89. The Morgan fingerprint density at radius 2 is 2.08 bits per heavy atom. The minimum absolute atomic E-state index is 0.0926. The number of amides is 1. The van der Waals surface area contributed by atoms with Crippen molar-refractivity contribution in [3.8, 4) is 0 Å². The lowest BCUT2D eigenvalue weighted by molar-refractivity contribution is -0.121. The summed E-state index contributed by atoms with van der Waals surface area (Å²) in [5.41, 5.74) is 10.7. The average molecular weight is 187 g/mol. The zero-order valence-electron chi connectivity index (χ0n) is 8.38. The Balaban J connectivity index is 3.30. The van der Waals surface area contributed by atoms with Crippen molar-refractivity contribution in [2.75, 3.05) is 19.6 Å². The molecule has 0 saturated carbocycles. The quantitative estimate of drug-likeness (QED) is 0.484. The third kappa shape index (κ3) is 7.74. The lowest BCUT2D eigenvalue weighted by Gasteiger charge is -2.08. The number of unbranched alkanes of at least 4 members (excludes halogenated alkanes) is 1. The highest BCUT2D eigenvalue weighted by molar-refractivity contribution is 5.76. The van der Waals surface area contributed by atoms with E-state index in [4.69, 9.17) is 11.5 Å². The van der Waals surface area contributed by atoms with Gasteiger partial charge in [0.1, 0.15) is 0 Å². The Labute approximate surface area is 80.0 Å². The summed E-state index contributed by atoms with van der Waals surface area (Å²) in [4.78, 5) is 11.2. The normalized spacial score (nSPS) is 12.5. The molecule has 5 N–H and O–H groups in total. The van der Waals surface area contributed by atoms with Crippen LogP contribution in [0.2, 0.25) is 0 Å². The highest BCUT2D eigenvalue weighted by Crippen LogP contribution is 1.97. The summed E-state index contributed by atoms with van der Waals surface area (Å²) in [7, 11) is 0. The Hall–Kier alpha value is -0.610. The molecule has 1 unspecified atom stereocenters. The molecule has 0 aliphatic heterocycles. The van der Waals surface area contributed by atoms with Gasteiger partial charge in [-0.05, 0) is 31.8 Å². The van der Waals surface area contributed by atoms with Crippen LogP contribution in [0, 0.1) is 5.92 Å². The monoisotopic (exact) mass is 187 g/mol. The van der Waals surface area contributed by atoms with Crippen molar-refractivity contribution in [3.63, 3.8) is 0 Å². The predicted octanol–water partition coefficient (Wildman–Crippen LogP) is -0.174. The number of hydrogen-bond donors (Lipinski definition) is 3. The maximum Gasteiger partial charge on any atom is 0.220 e. The number of rotatable bonds is 7. The molecule has 1 amide bonds. The van der Waals surface area contributed by atoms with Crippen molar-refractivity contribution in [2.45, 2.75) is 26.2 Å². The van der Waals surface area contributed by atoms with E-state index in [9.17, 15) is 4.79 Å². The van der Waals surface area contributed by atoms with Gasteiger partial charge in [0.25, 0.3) is 0 Å². The maximum atomic E-state index is 11.2. The summed E-state index contributed by atoms with van der Waals surface area (Å²) in [6.45, 7) is 3.96. The fourth-order valence-corrected chi connectivity index (χ4v) is 0.969. The van der Waals surface area contributed by atoms with Gasteiger partial charge < -0.3 is 16.8 Å². The van der Waals surface area contributed by atoms with Crippen LogP contribution in [-0.2, 0) is 4.79 Å². The molecule has 0 aliphatic rings. The molecule has 78 valence electrons. The van der Waals surface area contributed by atoms with Crippen LogP contribution in [0.4, 0.5) is 0 Å². The molecule has 0 aromatic carbocycles. The highest BCUT2D eigenvalue weighted by Gasteiger charge is 2.05. The lowest BCUT2D eigenvalue weighted by atomic mass is 10.1. The van der Waals surface area contributed by atoms with Gasteiger partial charge in [0, 0.05) is 13.0 Å². The summed E-state index contributed by atoms with van der Waals surface area (Å²) in [5, 5.41) is 2.83. The summed E-state index contributed by atoms with van der Waals surface area (Å²) in [6.07, 6.45) is 2.45. The van der Waals surface area contributed by atoms with Crippen LogP contribution in [0.25, 0.3) is 0 Å². The van der Waals surface area contributed by atoms with E-state index in [0.717, 1.165) is 19.4 Å². The number of nitrogens with one attached hydrogen (secondary N) is 1. The highest BCUT2D eigenvalue weighted by atomic mass is 16.1. The Morgan fingerprint density at radius 3 is 2.62 bits per heavy atom. The van der Waals surface area contributed by atoms with Gasteiger partial charge in [-0.2, -0.15) is 0 Å². The number of carbonyl (C=O) groups excluding carboxylic acids is 1. The van der Waals surface area contributed by atoms with Gasteiger partial charge in [0.2, 0.25) is 5.91 Å². The predicted molar refractivity (Wildman–Crippen MR) is 54.1 cm³/mol. The zero-order valence-corrected chi connectivity index (χ0v) is 8.38. The van der Waals surface area contributed by atoms with Crippen LogP contribution in [-0.4, -0.2) is 25.5 Å². The van der Waals surface area contributed by atoms with E-state index in [0.29, 0.717) is 19.5 Å². The van der Waals surface area contributed by atoms with Crippen molar-refractivity contribution < 1.29 is 4.79 Å². The molecule has 0 rings (SSSR count). The van der Waals surface area contributed by atoms with E-state index in [2.05, 4.69) is 5.32 Å². The minimum atomic E-state index is 0.0926. The van der Waals surface area contributed by atoms with Crippen LogP contribution in [0.15, 0.2) is 0 Å². The van der Waals surface area contributed by atoms with Crippen molar-refractivity contribution in [2.24, 2.45) is 17.4 Å². The first-order valence-corrected chi connectivity index (χ1v) is 4.87. The van der Waals surface area contributed by atoms with Crippen LogP contribution >= 0.6 is 0 Å². The van der Waals surface area contributed by atoms with Gasteiger partial charge in [-0.15, -0.1) is 0 Å². The summed E-state index contributed by atoms with van der Waals surface area (Å²) in [5.74, 6) is 0.365. The van der Waals surface area contributed by atoms with Gasteiger partial charge in [-0.1, -0.05) is 6.92 Å². The van der Waals surface area contributed by atoms with Crippen molar-refractivity contribution in [1.29, 1.82) is 0 Å². The summed E-state index contributed by atoms with van der Waals surface area (Å²) < 4.78 is 0. The van der Waals surface area contributed by atoms with Gasteiger partial charge in [0.05, 0.1) is 0 Å². The second kappa shape index (κ2) is 8.01. The van der Waals surface area contributed by atoms with Crippen molar-refractivity contribution >= 4 is 5.91 Å². The van der Waals surface area contributed by atoms with Crippen LogP contribution in [0.3, 0.4) is 0 Å². The molecule has 13 heavy (non-hydrogen) atoms. The van der Waals surface area contributed by atoms with E-state index in [1.54, 1.807) is 0 Å². The largest absolute Gasteiger partial charge is 0.356 e. The van der Waals surface area contributed by atoms with E-state index < -0.39 is 0 Å². The molecule has 0 saturated heterocycles. The fourth-order valence-electron chi connectivity index (χ4n) is 0.969. The van der Waals surface area contributed by atoms with Crippen LogP contribution < -0.4 is 16.8 Å². The third-order valence-electron chi connectivity index (χ3n) is 1.89. The second-order valence-corrected chi connectivity index (χ2v) is 3.39. The number of carbonyl (C=O) groups is 1. The van der Waals surface area contributed by atoms with E-state index in [1.165, 1.54) is 0 Å². The molecule has 0 fully saturated rings. The molecule has 0 radical (unpaired) electrons. The standard InChI is InChI=1S/C9H21N3O/c1-8(7-11)6-9(13)12-5-3-2-4-10/h8H,2-7,10-11H2,1H3,(H,12,13). The summed E-state index contributed by atoms with van der Waals surface area (Å²) >= 11 is 0. The lowest BCUT2D eigenvalue weighted by Crippen LogP contribution is -2.28. The SMILES string of the molecule is CC(CN)CC(=O)NCCCCN. The fraction of sp³-hybridized carbons (Fsp3) is 0.889. The van der Waals surface area contributed by atoms with Crippen LogP contribution in [0.5, 0.6) is 0 Å². The topological polar surface area (TPSA) is 81.1 Å². The summed E-state index contributed by atoms with van der Waals surface area (Å²) in [6, 6.07) is 0. The number of nitrogens with two attached hydrogens (primary N) is 2. The maximum absolute atomic E-state index is 11.2. The minimum Gasteiger partial charge on any atom is -0.356 e. The van der Waals surface area contributed by atoms with Gasteiger partial charge in [-0.3, -0.25) is 4.79 Å². The van der Waals surface area contributed by atoms with Gasteiger partial charge in [-0.25, -0.2) is 0 Å². The molecule has 0 aromatic rings. The van der Waals surface area contributed by atoms with Crippen molar-refractivity contribution in [3.05, 3.63) is 0 Å². The first-order valence-electron chi connectivity index (χ1n) is 4.87. The smallest absolute Gasteiger partial charge is 0.220 e.